The minimum absolute atomic E-state index is 0.0353. The molecule has 0 radical (unpaired) electrons. The summed E-state index contributed by atoms with van der Waals surface area (Å²) < 4.78 is 53.0. The number of benzene rings is 1. The number of carbonyl (C=O) groups is 1. The van der Waals surface area contributed by atoms with E-state index in [0.717, 1.165) is 17.8 Å². The fraction of sp³-hybridized carbons (Fsp3) is 0.357. The molecule has 1 aliphatic rings. The predicted octanol–water partition coefficient (Wildman–Crippen LogP) is 5.70. The van der Waals surface area contributed by atoms with E-state index in [0.29, 0.717) is 43.5 Å². The van der Waals surface area contributed by atoms with Crippen molar-refractivity contribution in [3.8, 4) is 5.75 Å². The van der Waals surface area contributed by atoms with Crippen LogP contribution in [0.2, 0.25) is 0 Å². The maximum atomic E-state index is 13.5. The topological polar surface area (TPSA) is 109 Å². The molecule has 1 aromatic carbocycles. The summed E-state index contributed by atoms with van der Waals surface area (Å²) in [6, 6.07) is 8.76. The molecule has 0 saturated carbocycles. The quantitative estimate of drug-likeness (QED) is 0.295. The number of piperazine rings is 1. The summed E-state index contributed by atoms with van der Waals surface area (Å²) in [5, 5.41) is 6.15. The summed E-state index contributed by atoms with van der Waals surface area (Å²) in [5.74, 6) is 1.05. The van der Waals surface area contributed by atoms with E-state index in [1.807, 2.05) is 54.6 Å². The number of carbonyl (C=O) groups excluding carboxylic acids is 1. The van der Waals surface area contributed by atoms with Gasteiger partial charge in [0.05, 0.1) is 12.7 Å². The molecule has 1 amide bonds. The molecule has 0 spiro atoms. The molecular formula is C28H31F3N8O3. The Balaban J connectivity index is 1.43. The molecule has 4 heterocycles. The number of pyridine rings is 1. The Hall–Kier alpha value is -4.75. The van der Waals surface area contributed by atoms with E-state index in [9.17, 15) is 18.0 Å². The lowest BCUT2D eigenvalue weighted by Crippen LogP contribution is -2.50. The molecule has 11 nitrogen and oxygen atoms in total. The van der Waals surface area contributed by atoms with Gasteiger partial charge >= 0.3 is 12.3 Å². The first-order valence-corrected chi connectivity index (χ1v) is 13.2. The van der Waals surface area contributed by atoms with Crippen LogP contribution in [0, 0.1) is 0 Å². The molecule has 1 saturated heterocycles. The van der Waals surface area contributed by atoms with E-state index >= 15 is 0 Å². The van der Waals surface area contributed by atoms with E-state index in [-0.39, 0.29) is 23.5 Å². The number of rotatable bonds is 6. The van der Waals surface area contributed by atoms with Crippen molar-refractivity contribution in [1.82, 2.24) is 24.3 Å². The zero-order valence-corrected chi connectivity index (χ0v) is 23.6. The van der Waals surface area contributed by atoms with E-state index in [2.05, 4.69) is 25.6 Å². The van der Waals surface area contributed by atoms with Crippen molar-refractivity contribution >= 4 is 40.7 Å². The summed E-state index contributed by atoms with van der Waals surface area (Å²) in [6.07, 6.45) is 0.396. The fourth-order valence-corrected chi connectivity index (χ4v) is 4.38. The van der Waals surface area contributed by atoms with Crippen LogP contribution in [0.1, 0.15) is 26.3 Å². The monoisotopic (exact) mass is 584 g/mol. The third-order valence-corrected chi connectivity index (χ3v) is 6.36. The highest BCUT2D eigenvalue weighted by molar-refractivity contribution is 5.69. The number of halogens is 3. The lowest BCUT2D eigenvalue weighted by molar-refractivity contribution is -0.137. The van der Waals surface area contributed by atoms with Crippen molar-refractivity contribution in [1.29, 1.82) is 0 Å². The van der Waals surface area contributed by atoms with Crippen LogP contribution >= 0.6 is 0 Å². The second kappa shape index (κ2) is 11.3. The van der Waals surface area contributed by atoms with E-state index in [4.69, 9.17) is 9.47 Å². The molecule has 14 heteroatoms. The largest absolute Gasteiger partial charge is 0.497 e. The average molecular weight is 585 g/mol. The van der Waals surface area contributed by atoms with E-state index in [1.54, 1.807) is 17.2 Å². The van der Waals surface area contributed by atoms with Gasteiger partial charge in [0.15, 0.2) is 0 Å². The zero-order valence-electron chi connectivity index (χ0n) is 23.6. The summed E-state index contributed by atoms with van der Waals surface area (Å²) >= 11 is 0. The van der Waals surface area contributed by atoms with E-state index in [1.165, 1.54) is 13.2 Å². The standard InChI is InChI=1S/C28H31F3N8O3/c1-27(2,3)42-26(40)39-11-9-38(10-12-39)24-17-22(33-19-5-7-37-8-6-32-23(37)16-19)35-25(36-24)34-20-13-18(28(29,30)31)14-21(15-20)41-4/h5-8,13-17H,9-12H2,1-4H3,(H2,33,34,35,36). The molecule has 0 atom stereocenters. The second-order valence-electron chi connectivity index (χ2n) is 10.7. The smallest absolute Gasteiger partial charge is 0.416 e. The van der Waals surface area contributed by atoms with Crippen LogP contribution in [0.5, 0.6) is 5.75 Å². The Bertz CT molecular complexity index is 1580. The van der Waals surface area contributed by atoms with Crippen LogP contribution in [-0.2, 0) is 10.9 Å². The van der Waals surface area contributed by atoms with Crippen LogP contribution in [0.25, 0.3) is 5.65 Å². The number of methoxy groups -OCH3 is 1. The highest BCUT2D eigenvalue weighted by atomic mass is 19.4. The molecular weight excluding hydrogens is 553 g/mol. The molecule has 1 fully saturated rings. The number of hydrogen-bond acceptors (Lipinski definition) is 9. The summed E-state index contributed by atoms with van der Waals surface area (Å²) in [4.78, 5) is 29.6. The van der Waals surface area contributed by atoms with Gasteiger partial charge in [-0.3, -0.25) is 0 Å². The van der Waals surface area contributed by atoms with Gasteiger partial charge in [0.2, 0.25) is 5.95 Å². The first-order valence-electron chi connectivity index (χ1n) is 13.2. The Morgan fingerprint density at radius 1 is 0.929 bits per heavy atom. The Kier molecular flexibility index (Phi) is 7.71. The molecule has 0 unspecified atom stereocenters. The molecule has 4 aromatic rings. The lowest BCUT2D eigenvalue weighted by Gasteiger charge is -2.36. The Labute approximate surface area is 240 Å². The lowest BCUT2D eigenvalue weighted by atomic mass is 10.2. The number of fused-ring (bicyclic) bond motifs is 1. The van der Waals surface area contributed by atoms with Gasteiger partial charge in [-0.25, -0.2) is 9.78 Å². The Morgan fingerprint density at radius 3 is 2.38 bits per heavy atom. The van der Waals surface area contributed by atoms with Gasteiger partial charge in [-0.15, -0.1) is 0 Å². The van der Waals surface area contributed by atoms with Gasteiger partial charge in [0.1, 0.15) is 28.6 Å². The minimum atomic E-state index is -4.57. The maximum absolute atomic E-state index is 13.5. The average Bonchev–Trinajstić information content (AvgIpc) is 3.39. The van der Waals surface area contributed by atoms with Gasteiger partial charge in [0, 0.05) is 74.3 Å². The second-order valence-corrected chi connectivity index (χ2v) is 10.7. The number of anilines is 5. The van der Waals surface area contributed by atoms with Gasteiger partial charge in [0.25, 0.3) is 0 Å². The molecule has 5 rings (SSSR count). The number of alkyl halides is 3. The van der Waals surface area contributed by atoms with Crippen molar-refractivity contribution in [2.45, 2.75) is 32.5 Å². The van der Waals surface area contributed by atoms with Crippen molar-refractivity contribution in [3.05, 3.63) is 60.6 Å². The van der Waals surface area contributed by atoms with Gasteiger partial charge in [-0.2, -0.15) is 23.1 Å². The third kappa shape index (κ3) is 6.93. The van der Waals surface area contributed by atoms with Crippen LogP contribution in [-0.4, -0.2) is 69.2 Å². The number of nitrogens with zero attached hydrogens (tertiary/aromatic N) is 6. The number of nitrogens with one attached hydrogen (secondary N) is 2. The molecule has 1 aliphatic heterocycles. The number of aromatic nitrogens is 4. The number of ether oxygens (including phenoxy) is 2. The van der Waals surface area contributed by atoms with Crippen molar-refractivity contribution in [2.24, 2.45) is 0 Å². The van der Waals surface area contributed by atoms with Gasteiger partial charge < -0.3 is 34.3 Å². The predicted molar refractivity (Wildman–Crippen MR) is 152 cm³/mol. The van der Waals surface area contributed by atoms with Crippen LogP contribution in [0.3, 0.4) is 0 Å². The first kappa shape index (κ1) is 28.8. The fourth-order valence-electron chi connectivity index (χ4n) is 4.38. The molecule has 42 heavy (non-hydrogen) atoms. The SMILES string of the molecule is COc1cc(Nc2nc(Nc3ccn4ccnc4c3)cc(N3CCN(C(=O)OC(C)(C)C)CC3)n2)cc(C(F)(F)F)c1. The van der Waals surface area contributed by atoms with Crippen LogP contribution in [0.4, 0.5) is 46.9 Å². The number of imidazole rings is 1. The first-order chi connectivity index (χ1) is 19.9. The van der Waals surface area contributed by atoms with Gasteiger partial charge in [-0.1, -0.05) is 0 Å². The minimum Gasteiger partial charge on any atom is -0.497 e. The summed E-state index contributed by atoms with van der Waals surface area (Å²) in [6.45, 7) is 7.19. The molecule has 0 bridgehead atoms. The van der Waals surface area contributed by atoms with Crippen molar-refractivity contribution < 1.29 is 27.4 Å². The maximum Gasteiger partial charge on any atom is 0.416 e. The highest BCUT2D eigenvalue weighted by Gasteiger charge is 2.32. The number of amides is 1. The van der Waals surface area contributed by atoms with Crippen molar-refractivity contribution in [2.75, 3.05) is 48.8 Å². The normalized spacial score (nSPS) is 14.2. The van der Waals surface area contributed by atoms with Gasteiger partial charge in [-0.05, 0) is 39.0 Å². The molecule has 2 N–H and O–H groups in total. The Morgan fingerprint density at radius 2 is 1.69 bits per heavy atom. The van der Waals surface area contributed by atoms with E-state index < -0.39 is 17.3 Å². The molecule has 3 aromatic heterocycles. The van der Waals surface area contributed by atoms with Crippen LogP contribution < -0.4 is 20.3 Å². The number of hydrogen-bond donors (Lipinski definition) is 2. The molecule has 0 aliphatic carbocycles. The summed E-state index contributed by atoms with van der Waals surface area (Å²) in [7, 11) is 1.30. The summed E-state index contributed by atoms with van der Waals surface area (Å²) in [5.41, 5.74) is 0.0678. The highest BCUT2D eigenvalue weighted by Crippen LogP contribution is 2.35. The zero-order chi connectivity index (χ0) is 30.1. The molecule has 222 valence electrons. The third-order valence-electron chi connectivity index (χ3n) is 6.36. The van der Waals surface area contributed by atoms with Crippen LogP contribution in [0.15, 0.2) is 55.0 Å². The van der Waals surface area contributed by atoms with Crippen molar-refractivity contribution in [3.63, 3.8) is 0 Å².